The number of hydrogen-bond acceptors (Lipinski definition) is 5. The minimum Gasteiger partial charge on any atom is -0.308 e. The van der Waals surface area contributed by atoms with Crippen molar-refractivity contribution in [3.05, 3.63) is 63.2 Å². The lowest BCUT2D eigenvalue weighted by Crippen LogP contribution is -2.35. The molecule has 0 amide bonds. The summed E-state index contributed by atoms with van der Waals surface area (Å²) in [6.07, 6.45) is 6.97. The largest absolute Gasteiger partial charge is 0.308 e. The van der Waals surface area contributed by atoms with Crippen molar-refractivity contribution in [3.63, 3.8) is 0 Å². The van der Waals surface area contributed by atoms with Gasteiger partial charge in [0.25, 0.3) is 5.56 Å². The van der Waals surface area contributed by atoms with Crippen LogP contribution in [0.25, 0.3) is 10.9 Å². The van der Waals surface area contributed by atoms with Gasteiger partial charge in [0, 0.05) is 49.9 Å². The van der Waals surface area contributed by atoms with Crippen molar-refractivity contribution < 1.29 is 0 Å². The van der Waals surface area contributed by atoms with Crippen LogP contribution in [-0.4, -0.2) is 32.2 Å². The topological polar surface area (TPSA) is 51.0 Å². The quantitative estimate of drug-likeness (QED) is 0.518. The summed E-state index contributed by atoms with van der Waals surface area (Å²) in [4.78, 5) is 24.5. The monoisotopic (exact) mass is 378 g/mol. The second kappa shape index (κ2) is 6.77. The maximum atomic E-state index is 13.1. The molecule has 27 heavy (non-hydrogen) atoms. The van der Waals surface area contributed by atoms with E-state index in [2.05, 4.69) is 39.1 Å². The van der Waals surface area contributed by atoms with Gasteiger partial charge in [0.05, 0.1) is 11.2 Å². The molecule has 6 heteroatoms. The van der Waals surface area contributed by atoms with Gasteiger partial charge in [-0.3, -0.25) is 9.69 Å². The average molecular weight is 379 g/mol. The van der Waals surface area contributed by atoms with Gasteiger partial charge in [0.2, 0.25) is 0 Å². The second-order valence-corrected chi connectivity index (χ2v) is 8.15. The van der Waals surface area contributed by atoms with Crippen molar-refractivity contribution in [2.75, 3.05) is 12.8 Å². The summed E-state index contributed by atoms with van der Waals surface area (Å²) in [7, 11) is 0. The van der Waals surface area contributed by atoms with Gasteiger partial charge in [-0.05, 0) is 36.1 Å². The Kier molecular flexibility index (Phi) is 4.25. The Hall–Kier alpha value is -2.18. The maximum absolute atomic E-state index is 13.1. The zero-order chi connectivity index (χ0) is 18.4. The first-order chi connectivity index (χ1) is 13.2. The van der Waals surface area contributed by atoms with Crippen LogP contribution in [0.15, 0.2) is 40.4 Å². The zero-order valence-electron chi connectivity index (χ0n) is 15.4. The highest BCUT2D eigenvalue weighted by atomic mass is 32.2. The summed E-state index contributed by atoms with van der Waals surface area (Å²) >= 11 is 1.58. The first-order valence-corrected chi connectivity index (χ1v) is 10.7. The molecule has 5 rings (SSSR count). The summed E-state index contributed by atoms with van der Waals surface area (Å²) in [5.41, 5.74) is 5.85. The molecule has 0 saturated carbocycles. The standard InChI is InChI=1S/C21H22N4OS/c1-27-21-22-11-17-13-24(9-7-18(17)23-21)12-16-10-15-5-2-4-14-6-3-8-25(19(14)15)20(16)26/h2,4-5,10-11H,3,6-9,12-13H2,1H3. The van der Waals surface area contributed by atoms with E-state index in [-0.39, 0.29) is 5.56 Å². The highest BCUT2D eigenvalue weighted by Crippen LogP contribution is 2.25. The molecule has 3 aromatic rings. The number of aromatic nitrogens is 3. The SMILES string of the molecule is CSc1ncc2c(n1)CCN(Cc1cc3cccc4c3n(c1=O)CCC4)C2. The first-order valence-electron chi connectivity index (χ1n) is 9.48. The summed E-state index contributed by atoms with van der Waals surface area (Å²) < 4.78 is 2.00. The smallest absolute Gasteiger partial charge is 0.255 e. The predicted octanol–water partition coefficient (Wildman–Crippen LogP) is 3.02. The molecule has 2 aliphatic heterocycles. The summed E-state index contributed by atoms with van der Waals surface area (Å²) in [5.74, 6) is 0. The molecule has 2 aromatic heterocycles. The summed E-state index contributed by atoms with van der Waals surface area (Å²) in [6.45, 7) is 3.24. The number of pyridine rings is 1. The number of fused-ring (bicyclic) bond motifs is 1. The minimum atomic E-state index is 0.175. The van der Waals surface area contributed by atoms with E-state index in [1.807, 2.05) is 17.0 Å². The fourth-order valence-corrected chi connectivity index (χ4v) is 4.73. The molecule has 0 unspecified atom stereocenters. The van der Waals surface area contributed by atoms with Crippen LogP contribution in [0.5, 0.6) is 0 Å². The summed E-state index contributed by atoms with van der Waals surface area (Å²) in [5, 5.41) is 2.03. The van der Waals surface area contributed by atoms with Gasteiger partial charge in [-0.15, -0.1) is 0 Å². The zero-order valence-corrected chi connectivity index (χ0v) is 16.3. The Morgan fingerprint density at radius 3 is 3.00 bits per heavy atom. The Morgan fingerprint density at radius 1 is 1.19 bits per heavy atom. The molecule has 138 valence electrons. The number of para-hydroxylation sites is 1. The molecule has 4 heterocycles. The molecule has 5 nitrogen and oxygen atoms in total. The van der Waals surface area contributed by atoms with Crippen molar-refractivity contribution in [3.8, 4) is 0 Å². The molecule has 0 atom stereocenters. The van der Waals surface area contributed by atoms with Crippen molar-refractivity contribution in [2.45, 2.75) is 44.1 Å². The highest BCUT2D eigenvalue weighted by Gasteiger charge is 2.21. The lowest BCUT2D eigenvalue weighted by Gasteiger charge is -2.28. The number of thioether (sulfide) groups is 1. The Morgan fingerprint density at radius 2 is 2.11 bits per heavy atom. The van der Waals surface area contributed by atoms with Crippen LogP contribution in [0.3, 0.4) is 0 Å². The second-order valence-electron chi connectivity index (χ2n) is 7.37. The molecule has 1 aromatic carbocycles. The Labute approximate surface area is 162 Å². The predicted molar refractivity (Wildman–Crippen MR) is 108 cm³/mol. The average Bonchev–Trinajstić information content (AvgIpc) is 2.71. The minimum absolute atomic E-state index is 0.175. The van der Waals surface area contributed by atoms with Crippen molar-refractivity contribution >= 4 is 22.7 Å². The van der Waals surface area contributed by atoms with Gasteiger partial charge in [0.15, 0.2) is 5.16 Å². The van der Waals surface area contributed by atoms with E-state index in [0.29, 0.717) is 6.54 Å². The maximum Gasteiger partial charge on any atom is 0.255 e. The van der Waals surface area contributed by atoms with Crippen molar-refractivity contribution in [1.82, 2.24) is 19.4 Å². The molecule has 0 N–H and O–H groups in total. The van der Waals surface area contributed by atoms with Gasteiger partial charge in [-0.1, -0.05) is 30.0 Å². The van der Waals surface area contributed by atoms with Crippen LogP contribution in [0.1, 0.15) is 28.8 Å². The van der Waals surface area contributed by atoms with E-state index in [0.717, 1.165) is 60.8 Å². The van der Waals surface area contributed by atoms with E-state index in [1.54, 1.807) is 11.8 Å². The number of benzene rings is 1. The van der Waals surface area contributed by atoms with Crippen LogP contribution in [0.2, 0.25) is 0 Å². The third-order valence-corrected chi connectivity index (χ3v) is 6.23. The van der Waals surface area contributed by atoms with Gasteiger partial charge < -0.3 is 4.57 Å². The fraction of sp³-hybridized carbons (Fsp3) is 0.381. The molecular formula is C21H22N4OS. The highest BCUT2D eigenvalue weighted by molar-refractivity contribution is 7.98. The van der Waals surface area contributed by atoms with E-state index in [1.165, 1.54) is 16.5 Å². The third-order valence-electron chi connectivity index (χ3n) is 5.67. The molecule has 0 bridgehead atoms. The number of aryl methyl sites for hydroxylation is 2. The van der Waals surface area contributed by atoms with Crippen LogP contribution in [0.4, 0.5) is 0 Å². The normalized spacial score (nSPS) is 16.5. The molecule has 2 aliphatic rings. The van der Waals surface area contributed by atoms with Crippen molar-refractivity contribution in [2.24, 2.45) is 0 Å². The van der Waals surface area contributed by atoms with Gasteiger partial charge >= 0.3 is 0 Å². The molecule has 0 fully saturated rings. The Balaban J connectivity index is 1.47. The van der Waals surface area contributed by atoms with E-state index < -0.39 is 0 Å². The van der Waals surface area contributed by atoms with Gasteiger partial charge in [0.1, 0.15) is 0 Å². The van der Waals surface area contributed by atoms with Crippen LogP contribution in [-0.2, 0) is 32.5 Å². The van der Waals surface area contributed by atoms with Crippen LogP contribution >= 0.6 is 11.8 Å². The lowest BCUT2D eigenvalue weighted by atomic mass is 9.99. The molecular weight excluding hydrogens is 356 g/mol. The molecule has 0 aliphatic carbocycles. The molecule has 0 radical (unpaired) electrons. The van der Waals surface area contributed by atoms with E-state index >= 15 is 0 Å². The van der Waals surface area contributed by atoms with Gasteiger partial charge in [-0.2, -0.15) is 0 Å². The lowest BCUT2D eigenvalue weighted by molar-refractivity contribution is 0.241. The number of rotatable bonds is 3. The van der Waals surface area contributed by atoms with E-state index in [4.69, 9.17) is 0 Å². The molecule has 0 spiro atoms. The van der Waals surface area contributed by atoms with Crippen molar-refractivity contribution in [1.29, 1.82) is 0 Å². The summed E-state index contributed by atoms with van der Waals surface area (Å²) in [6, 6.07) is 8.50. The van der Waals surface area contributed by atoms with Crippen LogP contribution < -0.4 is 5.56 Å². The molecule has 0 saturated heterocycles. The number of hydrogen-bond donors (Lipinski definition) is 0. The Bertz CT molecular complexity index is 1090. The van der Waals surface area contributed by atoms with Crippen LogP contribution in [0, 0.1) is 0 Å². The number of nitrogens with zero attached hydrogens (tertiary/aromatic N) is 4. The third kappa shape index (κ3) is 2.97. The fourth-order valence-electron chi connectivity index (χ4n) is 4.37. The van der Waals surface area contributed by atoms with Gasteiger partial charge in [-0.25, -0.2) is 9.97 Å². The van der Waals surface area contributed by atoms with E-state index in [9.17, 15) is 4.79 Å². The first kappa shape index (κ1) is 17.0.